The zero-order valence-electron chi connectivity index (χ0n) is 26.1. The van der Waals surface area contributed by atoms with E-state index in [1.807, 2.05) is 5.32 Å². The highest BCUT2D eigenvalue weighted by atomic mass is 32.2. The van der Waals surface area contributed by atoms with Crippen LogP contribution in [0.3, 0.4) is 0 Å². The highest BCUT2D eigenvalue weighted by Crippen LogP contribution is 2.33. The average Bonchev–Trinajstić information content (AvgIpc) is 3.07. The highest BCUT2D eigenvalue weighted by Gasteiger charge is 2.31. The molecule has 0 unspecified atom stereocenters. The number of halogens is 5. The molecule has 1 aliphatic rings. The van der Waals surface area contributed by atoms with Gasteiger partial charge in [-0.1, -0.05) is 29.2 Å². The van der Waals surface area contributed by atoms with E-state index in [1.54, 1.807) is 19.1 Å². The largest absolute Gasteiger partial charge is 0.450 e. The molecule has 1 saturated heterocycles. The van der Waals surface area contributed by atoms with Gasteiger partial charge in [0, 0.05) is 36.7 Å². The fraction of sp³-hybridized carbons (Fsp3) is 0.250. The Bertz CT molecular complexity index is 1970. The Morgan fingerprint density at radius 3 is 2.48 bits per heavy atom. The van der Waals surface area contributed by atoms with Gasteiger partial charge < -0.3 is 34.9 Å². The van der Waals surface area contributed by atoms with Crippen LogP contribution in [0, 0.1) is 11.6 Å². The molecule has 0 spiro atoms. The first kappa shape index (κ1) is 35.9. The van der Waals surface area contributed by atoms with Gasteiger partial charge >= 0.3 is 18.3 Å². The van der Waals surface area contributed by atoms with Gasteiger partial charge in [0.05, 0.1) is 23.5 Å². The average molecular weight is 719 g/mol. The minimum atomic E-state index is -4.77. The molecule has 2 heterocycles. The fourth-order valence-corrected chi connectivity index (χ4v) is 5.45. The number of rotatable bonds is 9. The molecule has 3 amide bonds. The Labute approximate surface area is 284 Å². The molecular weight excluding hydrogens is 689 g/mol. The van der Waals surface area contributed by atoms with Gasteiger partial charge in [-0.05, 0) is 61.7 Å². The predicted molar refractivity (Wildman–Crippen MR) is 174 cm³/mol. The quantitative estimate of drug-likeness (QED) is 0.0993. The van der Waals surface area contributed by atoms with Gasteiger partial charge in [-0.15, -0.1) is 10.6 Å². The minimum absolute atomic E-state index is 0.0359. The van der Waals surface area contributed by atoms with Crippen molar-refractivity contribution in [3.8, 4) is 11.1 Å². The van der Waals surface area contributed by atoms with Crippen molar-refractivity contribution in [1.29, 1.82) is 0 Å². The van der Waals surface area contributed by atoms with Gasteiger partial charge in [0.1, 0.15) is 17.5 Å². The number of alkyl halides is 3. The molecule has 50 heavy (non-hydrogen) atoms. The van der Waals surface area contributed by atoms with Gasteiger partial charge in [0.15, 0.2) is 0 Å². The van der Waals surface area contributed by atoms with Crippen LogP contribution in [0.25, 0.3) is 11.1 Å². The predicted octanol–water partition coefficient (Wildman–Crippen LogP) is 8.08. The van der Waals surface area contributed by atoms with E-state index in [-0.39, 0.29) is 29.2 Å². The molecule has 4 N–H and O–H groups in total. The monoisotopic (exact) mass is 718 g/mol. The van der Waals surface area contributed by atoms with Crippen molar-refractivity contribution >= 4 is 51.5 Å². The topological polar surface area (TPSA) is 156 Å². The summed E-state index contributed by atoms with van der Waals surface area (Å²) in [5.74, 6) is -1.55. The Balaban J connectivity index is 1.37. The van der Waals surface area contributed by atoms with Crippen LogP contribution in [0.5, 0.6) is 0 Å². The summed E-state index contributed by atoms with van der Waals surface area (Å²) in [7, 11) is -2.02. The zero-order chi connectivity index (χ0) is 35.8. The smallest absolute Gasteiger partial charge is 0.416 e. The second kappa shape index (κ2) is 15.9. The Morgan fingerprint density at radius 1 is 1.00 bits per heavy atom. The number of amides is 3. The van der Waals surface area contributed by atoms with E-state index in [1.165, 1.54) is 30.5 Å². The second-order valence-electron chi connectivity index (χ2n) is 10.6. The number of ether oxygens (including phenoxy) is 2. The van der Waals surface area contributed by atoms with E-state index in [0.717, 1.165) is 6.07 Å². The van der Waals surface area contributed by atoms with Crippen molar-refractivity contribution in [2.75, 3.05) is 41.1 Å². The number of nitrogens with zero attached hydrogens (tertiary/aromatic N) is 3. The summed E-state index contributed by atoms with van der Waals surface area (Å²) < 4.78 is 94.7. The second-order valence-corrected chi connectivity index (χ2v) is 11.8. The number of aromatic nitrogens is 2. The number of nitrogens with one attached hydrogen (secondary N) is 4. The summed E-state index contributed by atoms with van der Waals surface area (Å²) in [6.07, 6.45) is -2.94. The number of carbonyl (C=O) groups excluding carboxylic acids is 2. The van der Waals surface area contributed by atoms with Crippen LogP contribution < -0.4 is 21.3 Å². The molecule has 1 aromatic heterocycles. The lowest BCUT2D eigenvalue weighted by atomic mass is 10.1. The lowest BCUT2D eigenvalue weighted by Gasteiger charge is -2.25. The van der Waals surface area contributed by atoms with Gasteiger partial charge in [0.25, 0.3) is 0 Å². The molecule has 5 rings (SSSR count). The molecule has 0 aliphatic carbocycles. The van der Waals surface area contributed by atoms with Crippen molar-refractivity contribution < 1.29 is 45.2 Å². The van der Waals surface area contributed by atoms with Crippen molar-refractivity contribution in [3.05, 3.63) is 84.1 Å². The van der Waals surface area contributed by atoms with Crippen molar-refractivity contribution in [3.63, 3.8) is 0 Å². The summed E-state index contributed by atoms with van der Waals surface area (Å²) in [5.41, 5.74) is -1.10. The van der Waals surface area contributed by atoms with Gasteiger partial charge in [-0.3, -0.25) is 4.36 Å². The van der Waals surface area contributed by atoms with E-state index in [0.29, 0.717) is 66.9 Å². The van der Waals surface area contributed by atoms with Crippen LogP contribution in [0.15, 0.2) is 76.1 Å². The molecule has 4 aromatic rings. The summed E-state index contributed by atoms with van der Waals surface area (Å²) in [4.78, 5) is 33.3. The molecule has 0 bridgehead atoms. The number of carbonyl (C=O) groups is 2. The third kappa shape index (κ3) is 9.41. The minimum Gasteiger partial charge on any atom is -0.450 e. The molecule has 0 atom stereocenters. The van der Waals surface area contributed by atoms with Crippen LogP contribution >= 0.6 is 0 Å². The number of anilines is 5. The lowest BCUT2D eigenvalue weighted by Crippen LogP contribution is -2.28. The zero-order valence-corrected chi connectivity index (χ0v) is 27.0. The van der Waals surface area contributed by atoms with E-state index in [9.17, 15) is 31.4 Å². The van der Waals surface area contributed by atoms with Crippen LogP contribution in [-0.2, 0) is 30.5 Å². The highest BCUT2D eigenvalue weighted by molar-refractivity contribution is 7.75. The van der Waals surface area contributed by atoms with E-state index in [4.69, 9.17) is 9.47 Å². The Hall–Kier alpha value is -5.36. The molecule has 3 aromatic carbocycles. The van der Waals surface area contributed by atoms with Gasteiger partial charge in [-0.25, -0.2) is 23.4 Å². The number of hydrogen-bond acceptors (Lipinski definition) is 10. The van der Waals surface area contributed by atoms with Crippen molar-refractivity contribution in [2.24, 2.45) is 4.36 Å². The summed E-state index contributed by atoms with van der Waals surface area (Å²) in [6.45, 7) is 2.72. The number of urea groups is 1. The third-order valence-electron chi connectivity index (χ3n) is 7.14. The number of hydrogen-bond donors (Lipinski definition) is 4. The fourth-order valence-electron chi connectivity index (χ4n) is 4.74. The molecule has 0 saturated carbocycles. The van der Waals surface area contributed by atoms with Gasteiger partial charge in [0.2, 0.25) is 5.95 Å². The van der Waals surface area contributed by atoms with Crippen molar-refractivity contribution in [2.45, 2.75) is 36.9 Å². The summed E-state index contributed by atoms with van der Waals surface area (Å²) in [6, 6.07) is 10.4. The van der Waals surface area contributed by atoms with Crippen LogP contribution in [0.2, 0.25) is 0 Å². The maximum Gasteiger partial charge on any atom is 0.416 e. The van der Waals surface area contributed by atoms with Crippen LogP contribution in [0.1, 0.15) is 25.3 Å². The Morgan fingerprint density at radius 2 is 1.76 bits per heavy atom. The van der Waals surface area contributed by atoms with Gasteiger partial charge in [-0.2, -0.15) is 18.2 Å². The normalized spacial score (nSPS) is 14.1. The maximum absolute atomic E-state index is 15.3. The molecule has 1 aliphatic heterocycles. The lowest BCUT2D eigenvalue weighted by molar-refractivity contribution is -0.137. The molecule has 12 nitrogen and oxygen atoms in total. The Kier molecular flexibility index (Phi) is 11.4. The van der Waals surface area contributed by atoms with E-state index < -0.39 is 51.8 Å². The van der Waals surface area contributed by atoms with Crippen molar-refractivity contribution in [1.82, 2.24) is 9.97 Å². The summed E-state index contributed by atoms with van der Waals surface area (Å²) >= 11 is 0. The first-order valence-electron chi connectivity index (χ1n) is 15.0. The molecular formula is C32H29F5N7O5S-. The molecule has 0 radical (unpaired) electrons. The maximum atomic E-state index is 15.3. The van der Waals surface area contributed by atoms with E-state index >= 15 is 4.39 Å². The third-order valence-corrected chi connectivity index (χ3v) is 8.11. The van der Waals surface area contributed by atoms with E-state index in [2.05, 4.69) is 30.3 Å². The SMILES string of the molecule is CCOC(=O)N=[S-](=O)c1cccc(Nc2ncc(-c3ccc(NC(=O)Nc4cc(C(F)(F)F)ccc4F)c(F)c3)c(NC3CCOCC3)n2)c1. The first-order valence-corrected chi connectivity index (χ1v) is 16.1. The number of benzene rings is 3. The van der Waals surface area contributed by atoms with Crippen LogP contribution in [-0.4, -0.2) is 48.0 Å². The molecule has 264 valence electrons. The summed E-state index contributed by atoms with van der Waals surface area (Å²) in [5, 5.41) is 10.5. The van der Waals surface area contributed by atoms with Crippen LogP contribution in [0.4, 0.5) is 60.4 Å². The molecule has 1 fully saturated rings. The standard InChI is InChI=1S/C32H29F5N7O5S/c1-2-49-31(46)44-50(47)22-5-3-4-21(16-22)40-29-38-17-23(28(43-29)39-20-10-12-48-13-11-20)18-6-9-26(25(34)14-18)41-30(45)42-27-15-19(32(35,36)37)7-8-24(27)33/h3-9,14-17,20H,2,10-13H2,1H3,(H2,41,42,45)(H2,38,39,40,43)/q-1. The molecule has 18 heteroatoms. The first-order chi connectivity index (χ1) is 23.9.